The zero-order chi connectivity index (χ0) is 13.5. The van der Waals surface area contributed by atoms with Gasteiger partial charge in [0.2, 0.25) is 5.91 Å². The van der Waals surface area contributed by atoms with E-state index in [2.05, 4.69) is 10.6 Å². The lowest BCUT2D eigenvalue weighted by molar-refractivity contribution is -0.127. The second kappa shape index (κ2) is 7.11. The van der Waals surface area contributed by atoms with Crippen LogP contribution in [0.3, 0.4) is 0 Å². The molecule has 0 aliphatic rings. The predicted octanol–water partition coefficient (Wildman–Crippen LogP) is 0.189. The molecule has 0 spiro atoms. The number of hydrogen-bond donors (Lipinski definition) is 2. The van der Waals surface area contributed by atoms with Gasteiger partial charge in [0, 0.05) is 27.2 Å². The molecule has 0 aromatic rings. The number of nitrogens with one attached hydrogen (secondary N) is 2. The average Bonchev–Trinajstić information content (AvgIpc) is 2.13. The molecule has 0 saturated heterocycles. The van der Waals surface area contributed by atoms with Crippen molar-refractivity contribution in [2.24, 2.45) is 0 Å². The Labute approximate surface area is 103 Å². The van der Waals surface area contributed by atoms with Gasteiger partial charge in [0.15, 0.2) is 0 Å². The zero-order valence-electron chi connectivity index (χ0n) is 11.3. The molecule has 2 N–H and O–H groups in total. The molecule has 17 heavy (non-hydrogen) atoms. The van der Waals surface area contributed by atoms with Crippen molar-refractivity contribution in [3.8, 4) is 0 Å². The molecular weight excluding hydrogens is 222 g/mol. The molecule has 0 aliphatic carbocycles. The molecule has 0 heterocycles. The Kier molecular flexibility index (Phi) is 6.57. The summed E-state index contributed by atoms with van der Waals surface area (Å²) in [6, 6.07) is 0. The first-order valence-electron chi connectivity index (χ1n) is 5.60. The molecule has 0 atom stereocenters. The van der Waals surface area contributed by atoms with E-state index in [1.54, 1.807) is 34.9 Å². The minimum atomic E-state index is -0.488. The first-order valence-corrected chi connectivity index (χ1v) is 5.60. The van der Waals surface area contributed by atoms with Crippen LogP contribution in [0.25, 0.3) is 0 Å². The summed E-state index contributed by atoms with van der Waals surface area (Å²) in [6.45, 7) is 6.64. The largest absolute Gasteiger partial charge is 0.444 e. The molecule has 0 aromatic heterocycles. The first kappa shape index (κ1) is 15.7. The van der Waals surface area contributed by atoms with Gasteiger partial charge in [0.1, 0.15) is 5.60 Å². The molecule has 0 aromatic carbocycles. The highest BCUT2D eigenvalue weighted by molar-refractivity contribution is 5.77. The zero-order valence-corrected chi connectivity index (χ0v) is 11.3. The molecule has 2 amide bonds. The summed E-state index contributed by atoms with van der Waals surface area (Å²) < 4.78 is 5.05. The van der Waals surface area contributed by atoms with Gasteiger partial charge in [-0.05, 0) is 20.8 Å². The summed E-state index contributed by atoms with van der Waals surface area (Å²) in [5.74, 6) is 0.00210. The molecule has 0 unspecified atom stereocenters. The van der Waals surface area contributed by atoms with Crippen molar-refractivity contribution < 1.29 is 14.3 Å². The van der Waals surface area contributed by atoms with E-state index in [0.717, 1.165) is 0 Å². The van der Waals surface area contributed by atoms with Crippen LogP contribution in [0.4, 0.5) is 4.79 Å². The highest BCUT2D eigenvalue weighted by Crippen LogP contribution is 2.05. The van der Waals surface area contributed by atoms with Crippen molar-refractivity contribution in [3.63, 3.8) is 0 Å². The van der Waals surface area contributed by atoms with Crippen LogP contribution in [-0.2, 0) is 9.53 Å². The molecule has 6 heteroatoms. The fraction of sp³-hybridized carbons (Fsp3) is 0.818. The Balaban J connectivity index is 3.53. The Morgan fingerprint density at radius 3 is 2.24 bits per heavy atom. The monoisotopic (exact) mass is 245 g/mol. The number of rotatable bonds is 5. The average molecular weight is 245 g/mol. The Hall–Kier alpha value is -1.30. The number of ether oxygens (including phenoxy) is 1. The van der Waals surface area contributed by atoms with E-state index in [4.69, 9.17) is 4.74 Å². The molecule has 0 fully saturated rings. The third-order valence-electron chi connectivity index (χ3n) is 1.75. The second-order valence-corrected chi connectivity index (χ2v) is 4.89. The Bertz CT molecular complexity index is 259. The maximum absolute atomic E-state index is 11.2. The molecule has 0 bridgehead atoms. The number of carbonyl (C=O) groups excluding carboxylic acids is 2. The van der Waals surface area contributed by atoms with Crippen LogP contribution in [0.5, 0.6) is 0 Å². The van der Waals surface area contributed by atoms with E-state index in [-0.39, 0.29) is 12.5 Å². The number of nitrogens with zero attached hydrogens (tertiary/aromatic N) is 1. The van der Waals surface area contributed by atoms with Crippen LogP contribution in [-0.4, -0.2) is 56.2 Å². The molecule has 0 aliphatic heterocycles. The van der Waals surface area contributed by atoms with Gasteiger partial charge >= 0.3 is 6.09 Å². The molecule has 6 nitrogen and oxygen atoms in total. The molecule has 0 radical (unpaired) electrons. The maximum atomic E-state index is 11.2. The minimum absolute atomic E-state index is 0.00210. The van der Waals surface area contributed by atoms with E-state index in [9.17, 15) is 9.59 Å². The third kappa shape index (κ3) is 9.62. The van der Waals surface area contributed by atoms with Crippen molar-refractivity contribution in [2.75, 3.05) is 33.7 Å². The maximum Gasteiger partial charge on any atom is 0.407 e. The number of amides is 2. The lowest BCUT2D eigenvalue weighted by atomic mass is 10.2. The summed E-state index contributed by atoms with van der Waals surface area (Å²) in [4.78, 5) is 23.9. The molecule has 100 valence electrons. The molecular formula is C11H23N3O3. The number of alkyl carbamates (subject to hydrolysis) is 1. The first-order chi connectivity index (χ1) is 7.72. The van der Waals surface area contributed by atoms with Crippen molar-refractivity contribution in [3.05, 3.63) is 0 Å². The number of carbonyl (C=O) groups is 2. The fourth-order valence-electron chi connectivity index (χ4n) is 0.921. The van der Waals surface area contributed by atoms with Crippen molar-refractivity contribution in [2.45, 2.75) is 26.4 Å². The quantitative estimate of drug-likeness (QED) is 0.678. The van der Waals surface area contributed by atoms with Gasteiger partial charge in [0.05, 0.1) is 6.54 Å². The SMILES string of the molecule is CN(C)C(=O)CNCCNC(=O)OC(C)(C)C. The van der Waals surface area contributed by atoms with Gasteiger partial charge in [-0.1, -0.05) is 0 Å². The van der Waals surface area contributed by atoms with Gasteiger partial charge < -0.3 is 20.3 Å². The summed E-state index contributed by atoms with van der Waals surface area (Å²) >= 11 is 0. The third-order valence-corrected chi connectivity index (χ3v) is 1.75. The van der Waals surface area contributed by atoms with Crippen molar-refractivity contribution >= 4 is 12.0 Å². The van der Waals surface area contributed by atoms with Crippen LogP contribution < -0.4 is 10.6 Å². The van der Waals surface area contributed by atoms with Gasteiger partial charge in [-0.3, -0.25) is 4.79 Å². The minimum Gasteiger partial charge on any atom is -0.444 e. The van der Waals surface area contributed by atoms with E-state index in [0.29, 0.717) is 13.1 Å². The van der Waals surface area contributed by atoms with Gasteiger partial charge in [-0.25, -0.2) is 4.79 Å². The standard InChI is InChI=1S/C11H23N3O3/c1-11(2,3)17-10(16)13-7-6-12-8-9(15)14(4)5/h12H,6-8H2,1-5H3,(H,13,16). The summed E-state index contributed by atoms with van der Waals surface area (Å²) in [5, 5.41) is 5.52. The van der Waals surface area contributed by atoms with Crippen LogP contribution in [0.2, 0.25) is 0 Å². The Morgan fingerprint density at radius 1 is 1.18 bits per heavy atom. The van der Waals surface area contributed by atoms with Crippen LogP contribution >= 0.6 is 0 Å². The van der Waals surface area contributed by atoms with Crippen LogP contribution in [0.15, 0.2) is 0 Å². The summed E-state index contributed by atoms with van der Waals surface area (Å²) in [7, 11) is 3.39. The summed E-state index contributed by atoms with van der Waals surface area (Å²) in [6.07, 6.45) is -0.446. The van der Waals surface area contributed by atoms with E-state index < -0.39 is 11.7 Å². The van der Waals surface area contributed by atoms with E-state index in [1.165, 1.54) is 4.90 Å². The predicted molar refractivity (Wildman–Crippen MR) is 65.8 cm³/mol. The van der Waals surface area contributed by atoms with Crippen molar-refractivity contribution in [1.29, 1.82) is 0 Å². The smallest absolute Gasteiger partial charge is 0.407 e. The van der Waals surface area contributed by atoms with E-state index in [1.807, 2.05) is 0 Å². The highest BCUT2D eigenvalue weighted by atomic mass is 16.6. The molecule has 0 saturated carbocycles. The molecule has 0 rings (SSSR count). The van der Waals surface area contributed by atoms with Gasteiger partial charge in [0.25, 0.3) is 0 Å². The van der Waals surface area contributed by atoms with Gasteiger partial charge in [-0.15, -0.1) is 0 Å². The van der Waals surface area contributed by atoms with Crippen LogP contribution in [0.1, 0.15) is 20.8 Å². The highest BCUT2D eigenvalue weighted by Gasteiger charge is 2.15. The Morgan fingerprint density at radius 2 is 1.76 bits per heavy atom. The number of likely N-dealkylation sites (N-methyl/N-ethyl adjacent to an activating group) is 1. The second-order valence-electron chi connectivity index (χ2n) is 4.89. The lowest BCUT2D eigenvalue weighted by Gasteiger charge is -2.19. The normalized spacial score (nSPS) is 10.9. The van der Waals surface area contributed by atoms with Gasteiger partial charge in [-0.2, -0.15) is 0 Å². The number of hydrogen-bond acceptors (Lipinski definition) is 4. The van der Waals surface area contributed by atoms with Crippen LogP contribution in [0, 0.1) is 0 Å². The fourth-order valence-corrected chi connectivity index (χ4v) is 0.921. The topological polar surface area (TPSA) is 70.7 Å². The lowest BCUT2D eigenvalue weighted by Crippen LogP contribution is -2.39. The van der Waals surface area contributed by atoms with Crippen molar-refractivity contribution in [1.82, 2.24) is 15.5 Å². The van der Waals surface area contributed by atoms with E-state index >= 15 is 0 Å². The summed E-state index contributed by atoms with van der Waals surface area (Å²) in [5.41, 5.74) is -0.488.